The van der Waals surface area contributed by atoms with Gasteiger partial charge in [0.2, 0.25) is 0 Å². The van der Waals surface area contributed by atoms with Crippen molar-refractivity contribution < 1.29 is 0 Å². The van der Waals surface area contributed by atoms with Gasteiger partial charge < -0.3 is 0 Å². The lowest BCUT2D eigenvalue weighted by molar-refractivity contribution is 0.565. The summed E-state index contributed by atoms with van der Waals surface area (Å²) in [5.41, 5.74) is 6.24. The summed E-state index contributed by atoms with van der Waals surface area (Å²) in [5, 5.41) is 0. The molecule has 0 aromatic heterocycles. The molecule has 0 atom stereocenters. The molecular weight excluding hydrogens is 400 g/mol. The Kier molecular flexibility index (Phi) is 7.27. The Balaban J connectivity index is 2.43. The van der Waals surface area contributed by atoms with Gasteiger partial charge in [-0.25, -0.2) is 0 Å². The zero-order chi connectivity index (χ0) is 23.1. The van der Waals surface area contributed by atoms with E-state index in [2.05, 4.69) is 119 Å². The van der Waals surface area contributed by atoms with Crippen LogP contribution < -0.4 is 0 Å². The molecule has 0 unspecified atom stereocenters. The van der Waals surface area contributed by atoms with Crippen LogP contribution in [0.4, 0.5) is 0 Å². The first-order valence-electron chi connectivity index (χ1n) is 11.0. The fraction of sp³-hybridized carbons (Fsp3) is 0.571. The molecule has 0 saturated heterocycles. The lowest BCUT2D eigenvalue weighted by Crippen LogP contribution is -2.16. The second kappa shape index (κ2) is 8.58. The van der Waals surface area contributed by atoms with E-state index in [-0.39, 0.29) is 21.7 Å². The van der Waals surface area contributed by atoms with Crippen LogP contribution in [0.3, 0.4) is 0 Å². The highest BCUT2D eigenvalue weighted by molar-refractivity contribution is 8.76. The second-order valence-electron chi connectivity index (χ2n) is 12.7. The van der Waals surface area contributed by atoms with E-state index < -0.39 is 0 Å². The highest BCUT2D eigenvalue weighted by Crippen LogP contribution is 2.43. The zero-order valence-corrected chi connectivity index (χ0v) is 22.9. The van der Waals surface area contributed by atoms with Gasteiger partial charge in [0.05, 0.1) is 0 Å². The fourth-order valence-electron chi connectivity index (χ4n) is 3.12. The molecule has 2 heteroatoms. The van der Waals surface area contributed by atoms with Crippen LogP contribution in [0, 0.1) is 0 Å². The summed E-state index contributed by atoms with van der Waals surface area (Å²) < 4.78 is 0. The Morgan fingerprint density at radius 3 is 0.733 bits per heavy atom. The van der Waals surface area contributed by atoms with E-state index in [0.717, 1.165) is 0 Å². The Morgan fingerprint density at radius 2 is 0.567 bits per heavy atom. The number of rotatable bonds is 3. The molecule has 0 radical (unpaired) electrons. The number of benzene rings is 2. The van der Waals surface area contributed by atoms with Crippen molar-refractivity contribution in [1.82, 2.24) is 0 Å². The quantitative estimate of drug-likeness (QED) is 0.434. The summed E-state index contributed by atoms with van der Waals surface area (Å²) in [6, 6.07) is 14.3. The van der Waals surface area contributed by atoms with Crippen LogP contribution in [-0.4, -0.2) is 0 Å². The molecule has 0 fully saturated rings. The third-order valence-electron chi connectivity index (χ3n) is 5.51. The van der Waals surface area contributed by atoms with E-state index in [1.165, 1.54) is 32.0 Å². The molecule has 2 aromatic rings. The van der Waals surface area contributed by atoms with Crippen molar-refractivity contribution in [2.75, 3.05) is 0 Å². The largest absolute Gasteiger partial charge is 0.0561 e. The van der Waals surface area contributed by atoms with Gasteiger partial charge in [0.15, 0.2) is 0 Å². The highest BCUT2D eigenvalue weighted by atomic mass is 33.1. The van der Waals surface area contributed by atoms with Crippen LogP contribution in [0.5, 0.6) is 0 Å². The zero-order valence-electron chi connectivity index (χ0n) is 21.3. The maximum absolute atomic E-state index is 2.40. The molecule has 2 rings (SSSR count). The topological polar surface area (TPSA) is 0 Å². The predicted octanol–water partition coefficient (Wildman–Crippen LogP) is 9.68. The molecule has 0 aliphatic rings. The summed E-state index contributed by atoms with van der Waals surface area (Å²) in [4.78, 5) is 2.69. The Bertz CT molecular complexity index is 739. The van der Waals surface area contributed by atoms with Gasteiger partial charge in [0.1, 0.15) is 0 Å². The van der Waals surface area contributed by atoms with Crippen molar-refractivity contribution in [2.24, 2.45) is 0 Å². The van der Waals surface area contributed by atoms with Crippen LogP contribution >= 0.6 is 21.6 Å². The van der Waals surface area contributed by atoms with Crippen molar-refractivity contribution in [3.05, 3.63) is 58.7 Å². The molecule has 0 spiro atoms. The molecule has 0 aliphatic carbocycles. The van der Waals surface area contributed by atoms with Crippen LogP contribution in [0.15, 0.2) is 46.2 Å². The summed E-state index contributed by atoms with van der Waals surface area (Å²) in [7, 11) is 3.78. The Morgan fingerprint density at radius 1 is 0.367 bits per heavy atom. The number of hydrogen-bond donors (Lipinski definition) is 0. The third-order valence-corrected chi connectivity index (χ3v) is 7.86. The van der Waals surface area contributed by atoms with E-state index in [0.29, 0.717) is 0 Å². The van der Waals surface area contributed by atoms with Gasteiger partial charge >= 0.3 is 0 Å². The Hall–Kier alpha value is -0.860. The summed E-state index contributed by atoms with van der Waals surface area (Å²) in [5.74, 6) is 0. The molecule has 0 N–H and O–H groups in total. The van der Waals surface area contributed by atoms with Crippen LogP contribution in [0.2, 0.25) is 0 Å². The monoisotopic (exact) mass is 442 g/mol. The first-order valence-corrected chi connectivity index (χ1v) is 13.2. The third kappa shape index (κ3) is 6.82. The van der Waals surface area contributed by atoms with E-state index in [1.807, 2.05) is 21.6 Å². The fourth-order valence-corrected chi connectivity index (χ4v) is 5.17. The molecule has 0 amide bonds. The predicted molar refractivity (Wildman–Crippen MR) is 139 cm³/mol. The lowest BCUT2D eigenvalue weighted by atomic mass is 9.81. The van der Waals surface area contributed by atoms with Crippen LogP contribution in [-0.2, 0) is 21.7 Å². The lowest BCUT2D eigenvalue weighted by Gasteiger charge is -2.27. The first kappa shape index (κ1) is 25.4. The minimum absolute atomic E-state index is 0.146. The van der Waals surface area contributed by atoms with Gasteiger partial charge in [-0.3, -0.25) is 0 Å². The van der Waals surface area contributed by atoms with Gasteiger partial charge in [-0.05, 0) is 68.2 Å². The molecular formula is C28H42S2. The van der Waals surface area contributed by atoms with E-state index in [4.69, 9.17) is 0 Å². The number of hydrogen-bond acceptors (Lipinski definition) is 2. The minimum Gasteiger partial charge on any atom is -0.0561 e. The average Bonchev–Trinajstić information content (AvgIpc) is 2.56. The molecule has 30 heavy (non-hydrogen) atoms. The maximum Gasteiger partial charge on any atom is 0.0192 e. The molecule has 0 saturated carbocycles. The standard InChI is InChI=1S/C28H42S2/c1-25(2,3)19-13-20(26(4,5)6)16-23(15-19)29-30-24-17-21(27(7,8)9)14-22(18-24)28(10,11)12/h13-18H,1-12H3. The van der Waals surface area contributed by atoms with Gasteiger partial charge in [0.25, 0.3) is 0 Å². The summed E-state index contributed by atoms with van der Waals surface area (Å²) in [6.07, 6.45) is 0. The van der Waals surface area contributed by atoms with Gasteiger partial charge in [0, 0.05) is 9.79 Å². The average molecular weight is 443 g/mol. The molecule has 0 aliphatic heterocycles. The Labute approximate surface area is 194 Å². The van der Waals surface area contributed by atoms with Crippen molar-refractivity contribution in [3.63, 3.8) is 0 Å². The van der Waals surface area contributed by atoms with E-state index >= 15 is 0 Å². The maximum atomic E-state index is 2.40. The summed E-state index contributed by atoms with van der Waals surface area (Å²) >= 11 is 0. The van der Waals surface area contributed by atoms with Crippen LogP contribution in [0.25, 0.3) is 0 Å². The molecule has 0 heterocycles. The van der Waals surface area contributed by atoms with Gasteiger partial charge in [-0.1, -0.05) is 117 Å². The molecule has 0 nitrogen and oxygen atoms in total. The normalized spacial score (nSPS) is 13.6. The SMILES string of the molecule is CC(C)(C)c1cc(SSc2cc(C(C)(C)C)cc(C(C)(C)C)c2)cc(C(C)(C)C)c1. The van der Waals surface area contributed by atoms with Crippen molar-refractivity contribution in [1.29, 1.82) is 0 Å². The molecule has 0 bridgehead atoms. The van der Waals surface area contributed by atoms with E-state index in [9.17, 15) is 0 Å². The minimum atomic E-state index is 0.146. The van der Waals surface area contributed by atoms with Gasteiger partial charge in [-0.15, -0.1) is 0 Å². The molecule has 2 aromatic carbocycles. The smallest absolute Gasteiger partial charge is 0.0192 e. The molecule has 166 valence electrons. The first-order chi connectivity index (χ1) is 13.4. The second-order valence-corrected chi connectivity index (χ2v) is 14.9. The summed E-state index contributed by atoms with van der Waals surface area (Å²) in [6.45, 7) is 27.7. The van der Waals surface area contributed by atoms with Crippen molar-refractivity contribution in [3.8, 4) is 0 Å². The van der Waals surface area contributed by atoms with Crippen LogP contribution in [0.1, 0.15) is 105 Å². The van der Waals surface area contributed by atoms with E-state index in [1.54, 1.807) is 0 Å². The van der Waals surface area contributed by atoms with Crippen molar-refractivity contribution >= 4 is 21.6 Å². The highest BCUT2D eigenvalue weighted by Gasteiger charge is 2.22. The van der Waals surface area contributed by atoms with Crippen molar-refractivity contribution in [2.45, 2.75) is 115 Å². The van der Waals surface area contributed by atoms with Gasteiger partial charge in [-0.2, -0.15) is 0 Å².